The number of rotatable bonds is 8. The molecule has 0 amide bonds. The molecule has 0 saturated carbocycles. The Labute approximate surface area is 154 Å². The molecule has 0 radical (unpaired) electrons. The Kier molecular flexibility index (Phi) is 8.93. The van der Waals surface area contributed by atoms with Gasteiger partial charge in [-0.2, -0.15) is 34.4 Å². The molecule has 1 aromatic rings. The second-order valence-electron chi connectivity index (χ2n) is 8.31. The summed E-state index contributed by atoms with van der Waals surface area (Å²) >= 11 is 0. The van der Waals surface area contributed by atoms with Gasteiger partial charge in [0.2, 0.25) is 0 Å². The van der Waals surface area contributed by atoms with Crippen molar-refractivity contribution in [1.29, 1.82) is 0 Å². The summed E-state index contributed by atoms with van der Waals surface area (Å²) in [6.07, 6.45) is 2.48. The van der Waals surface area contributed by atoms with Crippen LogP contribution in [0.4, 0.5) is 0 Å². The van der Waals surface area contributed by atoms with Gasteiger partial charge in [0.15, 0.2) is 0 Å². The van der Waals surface area contributed by atoms with Crippen molar-refractivity contribution < 1.29 is 0 Å². The SMILES string of the molecule is Cc1cc(C)c(CP(C(C)C)C(C)C)[c-]c1CP(C(C)C)C(C)C. The zero-order chi connectivity index (χ0) is 18.6. The van der Waals surface area contributed by atoms with E-state index in [1.54, 1.807) is 0 Å². The Morgan fingerprint density at radius 2 is 0.958 bits per heavy atom. The third-order valence-electron chi connectivity index (χ3n) is 5.02. The van der Waals surface area contributed by atoms with Gasteiger partial charge < -0.3 is 0 Å². The molecule has 24 heavy (non-hydrogen) atoms. The Hall–Kier alpha value is 0.0800. The average Bonchev–Trinajstić information content (AvgIpc) is 2.43. The minimum Gasteiger partial charge on any atom is -0.176 e. The van der Waals surface area contributed by atoms with Crippen LogP contribution >= 0.6 is 15.8 Å². The highest BCUT2D eigenvalue weighted by Crippen LogP contribution is 2.51. The first kappa shape index (κ1) is 22.1. The van der Waals surface area contributed by atoms with Gasteiger partial charge in [-0.15, -0.1) is 0 Å². The molecule has 0 N–H and O–H groups in total. The van der Waals surface area contributed by atoms with Crippen molar-refractivity contribution in [2.75, 3.05) is 0 Å². The molecule has 0 unspecified atom stereocenters. The summed E-state index contributed by atoms with van der Waals surface area (Å²) in [6, 6.07) is 6.31. The Balaban J connectivity index is 3.12. The topological polar surface area (TPSA) is 0 Å². The largest absolute Gasteiger partial charge is 0.176 e. The first-order valence-corrected chi connectivity index (χ1v) is 12.9. The minimum atomic E-state index is 0.0356. The minimum absolute atomic E-state index is 0.0356. The van der Waals surface area contributed by atoms with Gasteiger partial charge in [-0.25, -0.2) is 0 Å². The molecule has 0 nitrogen and oxygen atoms in total. The molecule has 0 spiro atoms. The molecule has 138 valence electrons. The maximum absolute atomic E-state index is 3.89. The van der Waals surface area contributed by atoms with Crippen LogP contribution < -0.4 is 0 Å². The molecule has 0 aliphatic carbocycles. The molecule has 0 saturated heterocycles. The van der Waals surface area contributed by atoms with Gasteiger partial charge in [-0.3, -0.25) is 0 Å². The molecule has 2 heteroatoms. The summed E-state index contributed by atoms with van der Waals surface area (Å²) in [4.78, 5) is 0. The maximum atomic E-state index is 3.89. The quantitative estimate of drug-likeness (QED) is 0.327. The number of aryl methyl sites for hydroxylation is 2. The van der Waals surface area contributed by atoms with Gasteiger partial charge in [-0.05, 0) is 35.0 Å². The van der Waals surface area contributed by atoms with E-state index in [1.165, 1.54) is 34.6 Å². The van der Waals surface area contributed by atoms with Crippen molar-refractivity contribution in [3.05, 3.63) is 34.4 Å². The van der Waals surface area contributed by atoms with Gasteiger partial charge >= 0.3 is 0 Å². The summed E-state index contributed by atoms with van der Waals surface area (Å²) in [6.45, 7) is 23.7. The summed E-state index contributed by atoms with van der Waals surface area (Å²) in [5, 5.41) is 0. The van der Waals surface area contributed by atoms with E-state index in [0.717, 1.165) is 22.6 Å². The van der Waals surface area contributed by atoms with Crippen LogP contribution in [0.5, 0.6) is 0 Å². The third-order valence-corrected chi connectivity index (χ3v) is 11.7. The monoisotopic (exact) mass is 365 g/mol. The molecule has 0 aromatic heterocycles. The average molecular weight is 366 g/mol. The van der Waals surface area contributed by atoms with Gasteiger partial charge in [-0.1, -0.05) is 85.1 Å². The molecular weight excluding hydrogens is 326 g/mol. The Bertz CT molecular complexity index is 456. The van der Waals surface area contributed by atoms with Gasteiger partial charge in [0, 0.05) is 0 Å². The second-order valence-corrected chi connectivity index (χ2v) is 15.1. The number of hydrogen-bond acceptors (Lipinski definition) is 0. The van der Waals surface area contributed by atoms with E-state index in [2.05, 4.69) is 81.4 Å². The van der Waals surface area contributed by atoms with Crippen LogP contribution in [-0.4, -0.2) is 22.6 Å². The van der Waals surface area contributed by atoms with Crippen molar-refractivity contribution >= 4 is 15.8 Å². The Morgan fingerprint density at radius 3 is 1.21 bits per heavy atom. The summed E-state index contributed by atoms with van der Waals surface area (Å²) < 4.78 is 0. The molecule has 0 heterocycles. The van der Waals surface area contributed by atoms with Crippen molar-refractivity contribution in [2.45, 2.75) is 104 Å². The smallest absolute Gasteiger partial charge is 0.0261 e. The van der Waals surface area contributed by atoms with Gasteiger partial charge in [0.25, 0.3) is 0 Å². The van der Waals surface area contributed by atoms with Crippen LogP contribution in [0.1, 0.15) is 77.6 Å². The fourth-order valence-electron chi connectivity index (χ4n) is 3.49. The van der Waals surface area contributed by atoms with Crippen molar-refractivity contribution in [1.82, 2.24) is 0 Å². The highest BCUT2D eigenvalue weighted by Gasteiger charge is 2.18. The molecule has 0 atom stereocenters. The Morgan fingerprint density at radius 1 is 0.667 bits per heavy atom. The first-order valence-electron chi connectivity index (χ1n) is 9.57. The van der Waals surface area contributed by atoms with Crippen LogP contribution in [0, 0.1) is 19.9 Å². The molecular formula is C22H39P2-. The van der Waals surface area contributed by atoms with Crippen LogP contribution in [0.15, 0.2) is 6.07 Å². The van der Waals surface area contributed by atoms with E-state index in [1.807, 2.05) is 0 Å². The van der Waals surface area contributed by atoms with Crippen molar-refractivity contribution in [3.8, 4) is 0 Å². The third kappa shape index (κ3) is 6.11. The zero-order valence-corrected chi connectivity index (χ0v) is 19.5. The van der Waals surface area contributed by atoms with E-state index in [-0.39, 0.29) is 15.8 Å². The van der Waals surface area contributed by atoms with E-state index < -0.39 is 0 Å². The highest BCUT2D eigenvalue weighted by molar-refractivity contribution is 7.58. The van der Waals surface area contributed by atoms with E-state index in [4.69, 9.17) is 0 Å². The second kappa shape index (κ2) is 9.69. The number of benzene rings is 1. The highest BCUT2D eigenvalue weighted by atomic mass is 31.1. The van der Waals surface area contributed by atoms with Crippen molar-refractivity contribution in [3.63, 3.8) is 0 Å². The van der Waals surface area contributed by atoms with E-state index in [9.17, 15) is 0 Å². The molecule has 0 bridgehead atoms. The lowest BCUT2D eigenvalue weighted by Crippen LogP contribution is -2.09. The lowest BCUT2D eigenvalue weighted by Gasteiger charge is -2.32. The maximum Gasteiger partial charge on any atom is -0.0261 e. The van der Waals surface area contributed by atoms with Crippen LogP contribution in [-0.2, 0) is 12.3 Å². The fraction of sp³-hybridized carbons (Fsp3) is 0.727. The van der Waals surface area contributed by atoms with E-state index >= 15 is 0 Å². The standard InChI is InChI=1S/C22H39P2/c1-15(2)23(16(3)4)13-21-12-22(20(10)11-19(21)9)14-24(17(5)6)18(7)8/h11,15-18H,13-14H2,1-10H3/q-1. The molecule has 0 fully saturated rings. The number of hydrogen-bond donors (Lipinski definition) is 0. The van der Waals surface area contributed by atoms with Crippen LogP contribution in [0.2, 0.25) is 0 Å². The predicted octanol–water partition coefficient (Wildman–Crippen LogP) is 7.70. The zero-order valence-electron chi connectivity index (χ0n) is 17.7. The molecule has 1 rings (SSSR count). The molecule has 0 aliphatic rings. The summed E-state index contributed by atoms with van der Waals surface area (Å²) in [5.41, 5.74) is 9.05. The summed E-state index contributed by atoms with van der Waals surface area (Å²) in [7, 11) is 0.0713. The van der Waals surface area contributed by atoms with Crippen LogP contribution in [0.25, 0.3) is 0 Å². The predicted molar refractivity (Wildman–Crippen MR) is 117 cm³/mol. The lowest BCUT2D eigenvalue weighted by molar-refractivity contribution is 0.987. The summed E-state index contributed by atoms with van der Waals surface area (Å²) in [5.74, 6) is 0. The first-order chi connectivity index (χ1) is 11.0. The van der Waals surface area contributed by atoms with Gasteiger partial charge in [0.05, 0.1) is 0 Å². The van der Waals surface area contributed by atoms with Crippen LogP contribution in [0.3, 0.4) is 0 Å². The van der Waals surface area contributed by atoms with E-state index in [0.29, 0.717) is 0 Å². The normalized spacial score (nSPS) is 12.7. The van der Waals surface area contributed by atoms with Gasteiger partial charge in [0.1, 0.15) is 0 Å². The van der Waals surface area contributed by atoms with Crippen molar-refractivity contribution in [2.24, 2.45) is 0 Å². The lowest BCUT2D eigenvalue weighted by atomic mass is 10.0. The molecule has 0 aliphatic heterocycles. The molecule has 1 aromatic carbocycles. The fourth-order valence-corrected chi connectivity index (χ4v) is 8.73.